The van der Waals surface area contributed by atoms with Gasteiger partial charge in [0.05, 0.1) is 16.9 Å². The van der Waals surface area contributed by atoms with Gasteiger partial charge in [0.25, 0.3) is 0 Å². The second-order valence-corrected chi connectivity index (χ2v) is 7.37. The maximum Gasteiger partial charge on any atom is 0.248 e. The molecule has 1 amide bonds. The van der Waals surface area contributed by atoms with Crippen LogP contribution in [0.2, 0.25) is 0 Å². The maximum atomic E-state index is 12.7. The number of para-hydroxylation sites is 1. The third-order valence-electron chi connectivity index (χ3n) is 4.48. The normalized spacial score (nSPS) is 10.7. The Morgan fingerprint density at radius 2 is 1.93 bits per heavy atom. The van der Waals surface area contributed by atoms with Gasteiger partial charge in [0, 0.05) is 23.2 Å². The van der Waals surface area contributed by atoms with Gasteiger partial charge in [0.2, 0.25) is 11.8 Å². The molecular formula is C22H17BrN4O2. The number of nitrogens with zero attached hydrogens (tertiary/aromatic N) is 4. The summed E-state index contributed by atoms with van der Waals surface area (Å²) in [7, 11) is 0. The molecule has 0 saturated heterocycles. The lowest BCUT2D eigenvalue weighted by atomic mass is 10.0. The average molecular weight is 449 g/mol. The molecule has 144 valence electrons. The molecule has 0 aliphatic rings. The van der Waals surface area contributed by atoms with E-state index in [0.29, 0.717) is 22.8 Å². The first-order valence-corrected chi connectivity index (χ1v) is 9.74. The predicted octanol–water partition coefficient (Wildman–Crippen LogP) is 5.55. The van der Waals surface area contributed by atoms with Crippen molar-refractivity contribution < 1.29 is 9.32 Å². The molecule has 6 nitrogen and oxygen atoms in total. The summed E-state index contributed by atoms with van der Waals surface area (Å²) in [6.07, 6.45) is 3.11. The van der Waals surface area contributed by atoms with Crippen molar-refractivity contribution in [2.45, 2.75) is 13.8 Å². The topological polar surface area (TPSA) is 72.1 Å². The largest absolute Gasteiger partial charge is 0.336 e. The van der Waals surface area contributed by atoms with Gasteiger partial charge in [-0.05, 0) is 36.8 Å². The number of benzene rings is 2. The minimum atomic E-state index is -0.188. The van der Waals surface area contributed by atoms with Crippen LogP contribution in [0.5, 0.6) is 0 Å². The Bertz CT molecular complexity index is 1170. The van der Waals surface area contributed by atoms with Crippen molar-refractivity contribution in [3.05, 3.63) is 77.2 Å². The van der Waals surface area contributed by atoms with Crippen LogP contribution in [0.3, 0.4) is 0 Å². The number of carbonyl (C=O) groups is 1. The van der Waals surface area contributed by atoms with E-state index < -0.39 is 0 Å². The molecule has 2 heterocycles. The van der Waals surface area contributed by atoms with Crippen LogP contribution < -0.4 is 4.90 Å². The predicted molar refractivity (Wildman–Crippen MR) is 115 cm³/mol. The van der Waals surface area contributed by atoms with Crippen LogP contribution in [0.4, 0.5) is 11.6 Å². The summed E-state index contributed by atoms with van der Waals surface area (Å²) in [6.45, 7) is 3.44. The van der Waals surface area contributed by atoms with Gasteiger partial charge in [-0.3, -0.25) is 4.79 Å². The lowest BCUT2D eigenvalue weighted by molar-refractivity contribution is -0.116. The Balaban J connectivity index is 1.99. The standard InChI is InChI=1S/C22H17BrN4O2/c1-14-6-3-4-9-19(14)27(15(2)28)22-20(18-10-11-24-13-25-18)21(26-29-22)16-7-5-8-17(23)12-16/h3-13H,1-2H3. The van der Waals surface area contributed by atoms with Gasteiger partial charge < -0.3 is 4.52 Å². The number of rotatable bonds is 4. The number of hydrogen-bond donors (Lipinski definition) is 0. The number of anilines is 2. The molecule has 0 radical (unpaired) electrons. The fourth-order valence-electron chi connectivity index (χ4n) is 3.17. The Labute approximate surface area is 176 Å². The van der Waals surface area contributed by atoms with E-state index in [1.807, 2.05) is 55.5 Å². The SMILES string of the molecule is CC(=O)N(c1ccccc1C)c1onc(-c2cccc(Br)c2)c1-c1ccncn1. The summed E-state index contributed by atoms with van der Waals surface area (Å²) in [5.41, 5.74) is 4.36. The monoisotopic (exact) mass is 448 g/mol. The summed E-state index contributed by atoms with van der Waals surface area (Å²) >= 11 is 3.50. The first-order chi connectivity index (χ1) is 14.1. The first-order valence-electron chi connectivity index (χ1n) is 8.94. The van der Waals surface area contributed by atoms with Gasteiger partial charge in [0.15, 0.2) is 0 Å². The van der Waals surface area contributed by atoms with Gasteiger partial charge in [-0.1, -0.05) is 51.4 Å². The van der Waals surface area contributed by atoms with Crippen molar-refractivity contribution in [2.24, 2.45) is 0 Å². The third kappa shape index (κ3) is 3.69. The Morgan fingerprint density at radius 3 is 2.62 bits per heavy atom. The van der Waals surface area contributed by atoms with Crippen LogP contribution in [0.15, 0.2) is 76.1 Å². The molecule has 0 spiro atoms. The number of aryl methyl sites for hydroxylation is 1. The van der Waals surface area contributed by atoms with E-state index in [0.717, 1.165) is 21.3 Å². The molecule has 4 rings (SSSR count). The van der Waals surface area contributed by atoms with E-state index in [-0.39, 0.29) is 5.91 Å². The van der Waals surface area contributed by atoms with E-state index in [1.165, 1.54) is 18.2 Å². The molecule has 0 atom stereocenters. The summed E-state index contributed by atoms with van der Waals surface area (Å²) in [6, 6.07) is 17.1. The summed E-state index contributed by atoms with van der Waals surface area (Å²) in [5, 5.41) is 4.31. The average Bonchev–Trinajstić information content (AvgIpc) is 3.15. The molecule has 29 heavy (non-hydrogen) atoms. The third-order valence-corrected chi connectivity index (χ3v) is 4.98. The highest BCUT2D eigenvalue weighted by atomic mass is 79.9. The molecule has 0 aliphatic heterocycles. The molecule has 0 unspecified atom stereocenters. The minimum absolute atomic E-state index is 0.188. The van der Waals surface area contributed by atoms with Crippen LogP contribution >= 0.6 is 15.9 Å². The van der Waals surface area contributed by atoms with Gasteiger partial charge in [-0.25, -0.2) is 14.9 Å². The second-order valence-electron chi connectivity index (χ2n) is 6.46. The van der Waals surface area contributed by atoms with Gasteiger partial charge in [-0.2, -0.15) is 0 Å². The van der Waals surface area contributed by atoms with Crippen LogP contribution in [-0.2, 0) is 4.79 Å². The summed E-state index contributed by atoms with van der Waals surface area (Å²) < 4.78 is 6.67. The number of hydrogen-bond acceptors (Lipinski definition) is 5. The number of halogens is 1. The Hall–Kier alpha value is -3.32. The van der Waals surface area contributed by atoms with Crippen molar-refractivity contribution in [3.63, 3.8) is 0 Å². The molecule has 0 aliphatic carbocycles. The van der Waals surface area contributed by atoms with Crippen molar-refractivity contribution >= 4 is 33.4 Å². The van der Waals surface area contributed by atoms with Crippen LogP contribution in [0, 0.1) is 6.92 Å². The van der Waals surface area contributed by atoms with E-state index in [2.05, 4.69) is 31.1 Å². The number of aromatic nitrogens is 3. The van der Waals surface area contributed by atoms with Crippen LogP contribution in [-0.4, -0.2) is 21.0 Å². The Kier molecular flexibility index (Phi) is 5.22. The van der Waals surface area contributed by atoms with Gasteiger partial charge in [-0.15, -0.1) is 0 Å². The smallest absolute Gasteiger partial charge is 0.248 e. The van der Waals surface area contributed by atoms with Crippen molar-refractivity contribution in [3.8, 4) is 22.5 Å². The fraction of sp³-hybridized carbons (Fsp3) is 0.0909. The maximum absolute atomic E-state index is 12.7. The molecule has 0 bridgehead atoms. The quantitative estimate of drug-likeness (QED) is 0.408. The molecule has 0 saturated carbocycles. The zero-order valence-corrected chi connectivity index (χ0v) is 17.4. The zero-order chi connectivity index (χ0) is 20.4. The van der Waals surface area contributed by atoms with E-state index in [1.54, 1.807) is 12.3 Å². The van der Waals surface area contributed by atoms with Crippen molar-refractivity contribution in [1.29, 1.82) is 0 Å². The number of amides is 1. The highest BCUT2D eigenvalue weighted by Gasteiger charge is 2.29. The number of carbonyl (C=O) groups excluding carboxylic acids is 1. The molecule has 0 fully saturated rings. The molecular weight excluding hydrogens is 432 g/mol. The fourth-order valence-corrected chi connectivity index (χ4v) is 3.57. The Morgan fingerprint density at radius 1 is 1.10 bits per heavy atom. The summed E-state index contributed by atoms with van der Waals surface area (Å²) in [4.78, 5) is 22.6. The molecule has 7 heteroatoms. The van der Waals surface area contributed by atoms with Crippen LogP contribution in [0.1, 0.15) is 12.5 Å². The van der Waals surface area contributed by atoms with Crippen LogP contribution in [0.25, 0.3) is 22.5 Å². The molecule has 2 aromatic carbocycles. The molecule has 0 N–H and O–H groups in total. The van der Waals surface area contributed by atoms with Gasteiger partial charge >= 0.3 is 0 Å². The highest BCUT2D eigenvalue weighted by molar-refractivity contribution is 9.10. The first kappa shape index (κ1) is 19.0. The van der Waals surface area contributed by atoms with Crippen molar-refractivity contribution in [1.82, 2.24) is 15.1 Å². The lowest BCUT2D eigenvalue weighted by Crippen LogP contribution is -2.23. The lowest BCUT2D eigenvalue weighted by Gasteiger charge is -2.21. The van der Waals surface area contributed by atoms with E-state index >= 15 is 0 Å². The molecule has 4 aromatic rings. The van der Waals surface area contributed by atoms with E-state index in [4.69, 9.17) is 4.52 Å². The van der Waals surface area contributed by atoms with Crippen molar-refractivity contribution in [2.75, 3.05) is 4.90 Å². The molecule has 2 aromatic heterocycles. The van der Waals surface area contributed by atoms with E-state index in [9.17, 15) is 4.79 Å². The summed E-state index contributed by atoms with van der Waals surface area (Å²) in [5.74, 6) is 0.132. The zero-order valence-electron chi connectivity index (χ0n) is 15.8. The van der Waals surface area contributed by atoms with Gasteiger partial charge in [0.1, 0.15) is 12.0 Å². The highest BCUT2D eigenvalue weighted by Crippen LogP contribution is 2.42. The minimum Gasteiger partial charge on any atom is -0.336 e. The second kappa shape index (κ2) is 7.97.